The molecule has 0 atom stereocenters. The highest BCUT2D eigenvalue weighted by Gasteiger charge is 2.01. The maximum Gasteiger partial charge on any atom is 0.142 e. The summed E-state index contributed by atoms with van der Waals surface area (Å²) in [6.45, 7) is 1.83. The zero-order valence-electron chi connectivity index (χ0n) is 9.37. The molecule has 0 fully saturated rings. The maximum absolute atomic E-state index is 12.9. The second-order valence-electron chi connectivity index (χ2n) is 3.64. The molecule has 0 aliphatic rings. The molecular formula is C12H13FN4. The fourth-order valence-electron chi connectivity index (χ4n) is 1.49. The first kappa shape index (κ1) is 11.3. The second-order valence-corrected chi connectivity index (χ2v) is 3.64. The smallest absolute Gasteiger partial charge is 0.142 e. The molecule has 0 unspecified atom stereocenters. The Balaban J connectivity index is 2.25. The Morgan fingerprint density at radius 3 is 2.65 bits per heavy atom. The Morgan fingerprint density at radius 1 is 1.18 bits per heavy atom. The molecule has 0 saturated heterocycles. The number of nitrogens with two attached hydrogens (primary N) is 1. The molecule has 0 radical (unpaired) electrons. The summed E-state index contributed by atoms with van der Waals surface area (Å²) in [4.78, 5) is 4.21. The van der Waals surface area contributed by atoms with Crippen LogP contribution in [0.5, 0.6) is 0 Å². The number of anilines is 3. The number of benzene rings is 1. The van der Waals surface area contributed by atoms with Gasteiger partial charge in [0, 0.05) is 5.69 Å². The molecule has 0 saturated carbocycles. The van der Waals surface area contributed by atoms with Crippen LogP contribution < -0.4 is 16.6 Å². The molecule has 0 bridgehead atoms. The van der Waals surface area contributed by atoms with Crippen LogP contribution in [0.25, 0.3) is 0 Å². The summed E-state index contributed by atoms with van der Waals surface area (Å²) in [5.41, 5.74) is 4.10. The fourth-order valence-corrected chi connectivity index (χ4v) is 1.49. The number of halogens is 1. The number of nitrogens with zero attached hydrogens (tertiary/aromatic N) is 1. The van der Waals surface area contributed by atoms with Gasteiger partial charge in [0.1, 0.15) is 17.5 Å². The van der Waals surface area contributed by atoms with E-state index in [4.69, 9.17) is 5.84 Å². The van der Waals surface area contributed by atoms with E-state index in [1.165, 1.54) is 12.1 Å². The van der Waals surface area contributed by atoms with E-state index in [-0.39, 0.29) is 5.82 Å². The zero-order valence-corrected chi connectivity index (χ0v) is 9.37. The summed E-state index contributed by atoms with van der Waals surface area (Å²) < 4.78 is 12.9. The molecule has 0 spiro atoms. The van der Waals surface area contributed by atoms with Crippen LogP contribution in [0.15, 0.2) is 36.4 Å². The minimum Gasteiger partial charge on any atom is -0.340 e. The minimum absolute atomic E-state index is 0.251. The van der Waals surface area contributed by atoms with E-state index >= 15 is 0 Å². The number of nitrogens with one attached hydrogen (secondary N) is 2. The van der Waals surface area contributed by atoms with Gasteiger partial charge in [-0.1, -0.05) is 6.07 Å². The van der Waals surface area contributed by atoms with Gasteiger partial charge in [0.2, 0.25) is 0 Å². The summed E-state index contributed by atoms with van der Waals surface area (Å²) in [7, 11) is 0. The SMILES string of the molecule is Cc1cc(F)ccc1Nc1cccc(NN)n1. The topological polar surface area (TPSA) is 63.0 Å². The number of aryl methyl sites for hydroxylation is 1. The Kier molecular flexibility index (Phi) is 3.20. The molecule has 1 heterocycles. The van der Waals surface area contributed by atoms with Crippen LogP contribution >= 0.6 is 0 Å². The van der Waals surface area contributed by atoms with E-state index in [1.54, 1.807) is 12.1 Å². The van der Waals surface area contributed by atoms with E-state index in [2.05, 4.69) is 15.7 Å². The predicted molar refractivity (Wildman–Crippen MR) is 66.5 cm³/mol. The predicted octanol–water partition coefficient (Wildman–Crippen LogP) is 2.56. The third-order valence-electron chi connectivity index (χ3n) is 2.35. The first-order chi connectivity index (χ1) is 8.19. The highest BCUT2D eigenvalue weighted by molar-refractivity contribution is 5.61. The summed E-state index contributed by atoms with van der Waals surface area (Å²) >= 11 is 0. The van der Waals surface area contributed by atoms with Crippen LogP contribution in [-0.4, -0.2) is 4.98 Å². The third-order valence-corrected chi connectivity index (χ3v) is 2.35. The summed E-state index contributed by atoms with van der Waals surface area (Å²) in [6, 6.07) is 9.93. The van der Waals surface area contributed by atoms with Gasteiger partial charge in [0.05, 0.1) is 0 Å². The largest absolute Gasteiger partial charge is 0.340 e. The van der Waals surface area contributed by atoms with Crippen LogP contribution in [0.3, 0.4) is 0 Å². The maximum atomic E-state index is 12.9. The van der Waals surface area contributed by atoms with Crippen LogP contribution in [0, 0.1) is 12.7 Å². The van der Waals surface area contributed by atoms with E-state index in [0.29, 0.717) is 11.6 Å². The first-order valence-corrected chi connectivity index (χ1v) is 5.16. The summed E-state index contributed by atoms with van der Waals surface area (Å²) in [6.07, 6.45) is 0. The molecule has 0 aliphatic heterocycles. The molecule has 17 heavy (non-hydrogen) atoms. The lowest BCUT2D eigenvalue weighted by atomic mass is 10.2. The highest BCUT2D eigenvalue weighted by atomic mass is 19.1. The lowest BCUT2D eigenvalue weighted by Crippen LogP contribution is -2.09. The normalized spacial score (nSPS) is 10.1. The van der Waals surface area contributed by atoms with Crippen LogP contribution in [0.2, 0.25) is 0 Å². The van der Waals surface area contributed by atoms with Crippen molar-refractivity contribution < 1.29 is 4.39 Å². The van der Waals surface area contributed by atoms with Gasteiger partial charge < -0.3 is 10.7 Å². The van der Waals surface area contributed by atoms with E-state index < -0.39 is 0 Å². The van der Waals surface area contributed by atoms with Gasteiger partial charge in [0.15, 0.2) is 0 Å². The van der Waals surface area contributed by atoms with Crippen LogP contribution in [0.1, 0.15) is 5.56 Å². The average molecular weight is 232 g/mol. The molecule has 5 heteroatoms. The van der Waals surface area contributed by atoms with Gasteiger partial charge in [-0.05, 0) is 42.8 Å². The van der Waals surface area contributed by atoms with Crippen molar-refractivity contribution in [1.29, 1.82) is 0 Å². The summed E-state index contributed by atoms with van der Waals surface area (Å²) in [5.74, 6) is 6.23. The Hall–Kier alpha value is -2.14. The second kappa shape index (κ2) is 4.80. The fraction of sp³-hybridized carbons (Fsp3) is 0.0833. The van der Waals surface area contributed by atoms with Crippen molar-refractivity contribution in [2.24, 2.45) is 5.84 Å². The third kappa shape index (κ3) is 2.70. The monoisotopic (exact) mass is 232 g/mol. The first-order valence-electron chi connectivity index (χ1n) is 5.16. The molecule has 4 N–H and O–H groups in total. The lowest BCUT2D eigenvalue weighted by molar-refractivity contribution is 0.627. The number of rotatable bonds is 3. The molecule has 1 aromatic carbocycles. The lowest BCUT2D eigenvalue weighted by Gasteiger charge is -2.09. The van der Waals surface area contributed by atoms with Crippen molar-refractivity contribution in [3.8, 4) is 0 Å². The number of hydrazine groups is 1. The van der Waals surface area contributed by atoms with Crippen molar-refractivity contribution in [1.82, 2.24) is 4.98 Å². The van der Waals surface area contributed by atoms with Gasteiger partial charge in [-0.25, -0.2) is 15.2 Å². The Morgan fingerprint density at radius 2 is 1.94 bits per heavy atom. The molecule has 0 aliphatic carbocycles. The van der Waals surface area contributed by atoms with E-state index in [1.807, 2.05) is 19.1 Å². The van der Waals surface area contributed by atoms with Crippen molar-refractivity contribution in [2.45, 2.75) is 6.92 Å². The van der Waals surface area contributed by atoms with Crippen molar-refractivity contribution >= 4 is 17.3 Å². The van der Waals surface area contributed by atoms with Crippen molar-refractivity contribution in [3.05, 3.63) is 47.8 Å². The molecule has 1 aromatic heterocycles. The van der Waals surface area contributed by atoms with Crippen molar-refractivity contribution in [3.63, 3.8) is 0 Å². The van der Waals surface area contributed by atoms with Crippen molar-refractivity contribution in [2.75, 3.05) is 10.7 Å². The number of nitrogen functional groups attached to an aromatic ring is 1. The van der Waals surface area contributed by atoms with Gasteiger partial charge in [-0.2, -0.15) is 0 Å². The molecule has 2 aromatic rings. The van der Waals surface area contributed by atoms with Gasteiger partial charge >= 0.3 is 0 Å². The number of hydrogen-bond acceptors (Lipinski definition) is 4. The quantitative estimate of drug-likeness (QED) is 0.562. The zero-order chi connectivity index (χ0) is 12.3. The van der Waals surface area contributed by atoms with E-state index in [9.17, 15) is 4.39 Å². The highest BCUT2D eigenvalue weighted by Crippen LogP contribution is 2.20. The molecular weight excluding hydrogens is 219 g/mol. The Bertz CT molecular complexity index is 528. The molecule has 0 amide bonds. The number of hydrogen-bond donors (Lipinski definition) is 3. The number of pyridine rings is 1. The van der Waals surface area contributed by atoms with Crippen LogP contribution in [-0.2, 0) is 0 Å². The summed E-state index contributed by atoms with van der Waals surface area (Å²) in [5, 5.41) is 3.10. The molecule has 88 valence electrons. The van der Waals surface area contributed by atoms with Gasteiger partial charge in [-0.3, -0.25) is 0 Å². The van der Waals surface area contributed by atoms with Gasteiger partial charge in [0.25, 0.3) is 0 Å². The average Bonchev–Trinajstić information content (AvgIpc) is 2.33. The number of aromatic nitrogens is 1. The standard InChI is InChI=1S/C12H13FN4/c1-8-7-9(13)5-6-10(8)15-11-3-2-4-12(16-11)17-14/h2-7H,14H2,1H3,(H2,15,16,17). The molecule has 2 rings (SSSR count). The van der Waals surface area contributed by atoms with Gasteiger partial charge in [-0.15, -0.1) is 0 Å². The molecule has 4 nitrogen and oxygen atoms in total. The van der Waals surface area contributed by atoms with Crippen LogP contribution in [0.4, 0.5) is 21.7 Å². The van der Waals surface area contributed by atoms with E-state index in [0.717, 1.165) is 11.3 Å². The minimum atomic E-state index is -0.251. The Labute approximate surface area is 98.6 Å².